The quantitative estimate of drug-likeness (QED) is 0.654. The molecule has 0 radical (unpaired) electrons. The summed E-state index contributed by atoms with van der Waals surface area (Å²) < 4.78 is 37.1. The molecule has 2 rings (SSSR count). The Morgan fingerprint density at radius 2 is 1.76 bits per heavy atom. The molecule has 21 heavy (non-hydrogen) atoms. The number of halogens is 3. The van der Waals surface area contributed by atoms with Gasteiger partial charge in [0.05, 0.1) is 0 Å². The molecular formula is C15H16F3N3. The van der Waals surface area contributed by atoms with Crippen LogP contribution in [0.15, 0.2) is 42.6 Å². The van der Waals surface area contributed by atoms with E-state index < -0.39 is 11.9 Å². The van der Waals surface area contributed by atoms with Gasteiger partial charge < -0.3 is 5.43 Å². The van der Waals surface area contributed by atoms with Gasteiger partial charge in [0.2, 0.25) is 0 Å². The SMILES string of the molecule is Cc1ccc(NNCCc2ccc(C(F)(F)F)nc2)cc1. The fourth-order valence-electron chi connectivity index (χ4n) is 1.75. The molecule has 0 aliphatic rings. The van der Waals surface area contributed by atoms with Crippen molar-refractivity contribution in [1.82, 2.24) is 10.4 Å². The first kappa shape index (κ1) is 15.3. The molecule has 6 heteroatoms. The maximum atomic E-state index is 12.4. The molecule has 1 aromatic heterocycles. The van der Waals surface area contributed by atoms with Crippen LogP contribution in [0.2, 0.25) is 0 Å². The van der Waals surface area contributed by atoms with E-state index in [1.165, 1.54) is 17.8 Å². The number of hydrogen-bond donors (Lipinski definition) is 2. The molecule has 0 unspecified atom stereocenters. The smallest absolute Gasteiger partial charge is 0.321 e. The summed E-state index contributed by atoms with van der Waals surface area (Å²) >= 11 is 0. The molecule has 0 bridgehead atoms. The first-order valence-electron chi connectivity index (χ1n) is 6.53. The summed E-state index contributed by atoms with van der Waals surface area (Å²) in [5, 5.41) is 0. The molecule has 3 nitrogen and oxygen atoms in total. The summed E-state index contributed by atoms with van der Waals surface area (Å²) in [5.74, 6) is 0. The first-order valence-corrected chi connectivity index (χ1v) is 6.53. The molecule has 0 aliphatic carbocycles. The summed E-state index contributed by atoms with van der Waals surface area (Å²) in [6.07, 6.45) is -2.54. The standard InChI is InChI=1S/C15H16F3N3/c1-11-2-5-13(6-3-11)21-20-9-8-12-4-7-14(19-10-12)15(16,17)18/h2-7,10,20-21H,8-9H2,1H3. The molecule has 0 aliphatic heterocycles. The Morgan fingerprint density at radius 3 is 2.33 bits per heavy atom. The highest BCUT2D eigenvalue weighted by Crippen LogP contribution is 2.27. The second-order valence-corrected chi connectivity index (χ2v) is 4.72. The van der Waals surface area contributed by atoms with Crippen molar-refractivity contribution in [2.45, 2.75) is 19.5 Å². The van der Waals surface area contributed by atoms with Crippen LogP contribution in [-0.2, 0) is 12.6 Å². The highest BCUT2D eigenvalue weighted by molar-refractivity contribution is 5.43. The fourth-order valence-corrected chi connectivity index (χ4v) is 1.75. The number of hydrogen-bond acceptors (Lipinski definition) is 3. The van der Waals surface area contributed by atoms with Gasteiger partial charge in [-0.25, -0.2) is 5.43 Å². The number of benzene rings is 1. The van der Waals surface area contributed by atoms with Gasteiger partial charge in [-0.1, -0.05) is 23.8 Å². The zero-order chi connectivity index (χ0) is 15.3. The number of alkyl halides is 3. The number of nitrogens with zero attached hydrogens (tertiary/aromatic N) is 1. The van der Waals surface area contributed by atoms with Crippen molar-refractivity contribution in [2.75, 3.05) is 12.0 Å². The minimum absolute atomic E-state index is 0.584. The highest BCUT2D eigenvalue weighted by Gasteiger charge is 2.31. The summed E-state index contributed by atoms with van der Waals surface area (Å²) in [5.41, 5.74) is 8.04. The van der Waals surface area contributed by atoms with Crippen LogP contribution in [0.25, 0.3) is 0 Å². The second-order valence-electron chi connectivity index (χ2n) is 4.72. The molecule has 1 heterocycles. The molecular weight excluding hydrogens is 279 g/mol. The molecule has 2 N–H and O–H groups in total. The van der Waals surface area contributed by atoms with Crippen LogP contribution in [0.5, 0.6) is 0 Å². The Bertz CT molecular complexity index is 562. The van der Waals surface area contributed by atoms with Gasteiger partial charge in [0.15, 0.2) is 0 Å². The Labute approximate surface area is 121 Å². The number of hydrazine groups is 1. The van der Waals surface area contributed by atoms with E-state index in [4.69, 9.17) is 0 Å². The van der Waals surface area contributed by atoms with Crippen molar-refractivity contribution in [3.05, 3.63) is 59.4 Å². The Morgan fingerprint density at radius 1 is 1.05 bits per heavy atom. The molecule has 2 aromatic rings. The Balaban J connectivity index is 1.77. The van der Waals surface area contributed by atoms with Crippen LogP contribution in [-0.4, -0.2) is 11.5 Å². The number of aromatic nitrogens is 1. The maximum Gasteiger partial charge on any atom is 0.433 e. The average molecular weight is 295 g/mol. The minimum atomic E-state index is -4.39. The van der Waals surface area contributed by atoms with Gasteiger partial charge >= 0.3 is 6.18 Å². The number of rotatable bonds is 5. The summed E-state index contributed by atoms with van der Waals surface area (Å²) in [6.45, 7) is 2.59. The van der Waals surface area contributed by atoms with E-state index in [-0.39, 0.29) is 0 Å². The predicted octanol–water partition coefficient (Wildman–Crippen LogP) is 3.57. The van der Waals surface area contributed by atoms with Gasteiger partial charge in [-0.3, -0.25) is 4.98 Å². The largest absolute Gasteiger partial charge is 0.433 e. The fraction of sp³-hybridized carbons (Fsp3) is 0.267. The van der Waals surface area contributed by atoms with Crippen molar-refractivity contribution in [2.24, 2.45) is 0 Å². The van der Waals surface area contributed by atoms with E-state index in [1.54, 1.807) is 0 Å². The summed E-state index contributed by atoms with van der Waals surface area (Å²) in [7, 11) is 0. The Hall–Kier alpha value is -2.08. The third-order valence-electron chi connectivity index (χ3n) is 2.94. The van der Waals surface area contributed by atoms with Gasteiger partial charge in [-0.2, -0.15) is 13.2 Å². The van der Waals surface area contributed by atoms with Gasteiger partial charge in [-0.15, -0.1) is 0 Å². The van der Waals surface area contributed by atoms with E-state index in [2.05, 4.69) is 15.8 Å². The monoisotopic (exact) mass is 295 g/mol. The van der Waals surface area contributed by atoms with E-state index >= 15 is 0 Å². The highest BCUT2D eigenvalue weighted by atomic mass is 19.4. The van der Waals surface area contributed by atoms with Crippen LogP contribution in [0, 0.1) is 6.92 Å². The summed E-state index contributed by atoms with van der Waals surface area (Å²) in [6, 6.07) is 10.3. The van der Waals surface area contributed by atoms with Crippen LogP contribution >= 0.6 is 0 Å². The second kappa shape index (κ2) is 6.58. The molecule has 0 spiro atoms. The lowest BCUT2D eigenvalue weighted by atomic mass is 10.2. The van der Waals surface area contributed by atoms with Crippen molar-refractivity contribution in [1.29, 1.82) is 0 Å². The average Bonchev–Trinajstić information content (AvgIpc) is 2.45. The van der Waals surface area contributed by atoms with Crippen molar-refractivity contribution < 1.29 is 13.2 Å². The number of aryl methyl sites for hydroxylation is 1. The maximum absolute atomic E-state index is 12.4. The van der Waals surface area contributed by atoms with Gasteiger partial charge in [0, 0.05) is 18.4 Å². The van der Waals surface area contributed by atoms with Crippen molar-refractivity contribution >= 4 is 5.69 Å². The zero-order valence-corrected chi connectivity index (χ0v) is 11.5. The third-order valence-corrected chi connectivity index (χ3v) is 2.94. The molecule has 0 amide bonds. The summed E-state index contributed by atoms with van der Waals surface area (Å²) in [4.78, 5) is 3.42. The van der Waals surface area contributed by atoms with E-state index in [0.717, 1.165) is 17.3 Å². The van der Waals surface area contributed by atoms with Crippen LogP contribution in [0.3, 0.4) is 0 Å². The molecule has 0 saturated heterocycles. The van der Waals surface area contributed by atoms with E-state index in [9.17, 15) is 13.2 Å². The van der Waals surface area contributed by atoms with Gasteiger partial charge in [0.25, 0.3) is 0 Å². The predicted molar refractivity (Wildman–Crippen MR) is 75.7 cm³/mol. The van der Waals surface area contributed by atoms with Crippen molar-refractivity contribution in [3.8, 4) is 0 Å². The van der Waals surface area contributed by atoms with E-state index in [1.807, 2.05) is 31.2 Å². The lowest BCUT2D eigenvalue weighted by molar-refractivity contribution is -0.141. The molecule has 112 valence electrons. The first-order chi connectivity index (χ1) is 9.95. The van der Waals surface area contributed by atoms with Gasteiger partial charge in [-0.05, 0) is 37.1 Å². The zero-order valence-electron chi connectivity index (χ0n) is 11.5. The topological polar surface area (TPSA) is 37.0 Å². The van der Waals surface area contributed by atoms with Crippen LogP contribution in [0.4, 0.5) is 18.9 Å². The number of pyridine rings is 1. The Kier molecular flexibility index (Phi) is 4.80. The molecule has 0 atom stereocenters. The number of nitrogens with one attached hydrogen (secondary N) is 2. The number of anilines is 1. The van der Waals surface area contributed by atoms with Crippen LogP contribution in [0.1, 0.15) is 16.8 Å². The van der Waals surface area contributed by atoms with Crippen LogP contribution < -0.4 is 10.9 Å². The van der Waals surface area contributed by atoms with Crippen molar-refractivity contribution in [3.63, 3.8) is 0 Å². The normalized spacial score (nSPS) is 11.4. The third kappa shape index (κ3) is 4.75. The lowest BCUT2D eigenvalue weighted by Crippen LogP contribution is -2.24. The van der Waals surface area contributed by atoms with Gasteiger partial charge in [0.1, 0.15) is 5.69 Å². The lowest BCUT2D eigenvalue weighted by Gasteiger charge is -2.09. The molecule has 0 saturated carbocycles. The molecule has 0 fully saturated rings. The van der Waals surface area contributed by atoms with E-state index in [0.29, 0.717) is 13.0 Å². The minimum Gasteiger partial charge on any atom is -0.321 e. The molecule has 1 aromatic carbocycles.